The van der Waals surface area contributed by atoms with Crippen LogP contribution in [0, 0.1) is 11.3 Å². The Hall–Kier alpha value is -4.30. The topological polar surface area (TPSA) is 67.4 Å². The van der Waals surface area contributed by atoms with Crippen molar-refractivity contribution >= 4 is 10.8 Å². The summed E-state index contributed by atoms with van der Waals surface area (Å²) >= 11 is 0. The molecule has 2 aromatic heterocycles. The number of rotatable bonds is 4. The summed E-state index contributed by atoms with van der Waals surface area (Å²) in [6.07, 6.45) is 5.64. The summed E-state index contributed by atoms with van der Waals surface area (Å²) in [6, 6.07) is 26.2. The number of pyridine rings is 1. The molecule has 0 bridgehead atoms. The average Bonchev–Trinajstić information content (AvgIpc) is 3.27. The Morgan fingerprint density at radius 3 is 2.60 bits per heavy atom. The van der Waals surface area contributed by atoms with Crippen molar-refractivity contribution in [3.63, 3.8) is 0 Å². The highest BCUT2D eigenvalue weighted by Crippen LogP contribution is 2.26. The molecule has 5 heteroatoms. The molecule has 0 radical (unpaired) electrons. The summed E-state index contributed by atoms with van der Waals surface area (Å²) in [4.78, 5) is 4.34. The molecule has 2 heterocycles. The summed E-state index contributed by atoms with van der Waals surface area (Å²) < 4.78 is 1.84. The average molecular weight is 387 g/mol. The van der Waals surface area contributed by atoms with E-state index in [-0.39, 0.29) is 0 Å². The molecule has 0 fully saturated rings. The molecule has 0 saturated heterocycles. The third-order valence-corrected chi connectivity index (χ3v) is 5.11. The van der Waals surface area contributed by atoms with Gasteiger partial charge in [0.2, 0.25) is 0 Å². The van der Waals surface area contributed by atoms with Gasteiger partial charge in [0.1, 0.15) is 5.69 Å². The number of hydrogen-bond donors (Lipinski definition) is 0. The number of nitriles is 1. The largest absolute Gasteiger partial charge is 0.263 e. The Bertz CT molecular complexity index is 1370. The minimum atomic E-state index is 0.629. The highest BCUT2D eigenvalue weighted by Gasteiger charge is 2.09. The molecule has 142 valence electrons. The van der Waals surface area contributed by atoms with Gasteiger partial charge in [0, 0.05) is 23.3 Å². The predicted molar refractivity (Wildman–Crippen MR) is 116 cm³/mol. The SMILES string of the molecule is N#Cc1cccc(-c2ccc(Cn3cc(-c4cncc5ccccc45)nn3)cc2)c1. The molecule has 0 aliphatic carbocycles. The van der Waals surface area contributed by atoms with E-state index in [1.165, 1.54) is 0 Å². The quantitative estimate of drug-likeness (QED) is 0.431. The van der Waals surface area contributed by atoms with E-state index in [0.29, 0.717) is 12.1 Å². The molecule has 0 aliphatic heterocycles. The third-order valence-electron chi connectivity index (χ3n) is 5.11. The number of hydrogen-bond acceptors (Lipinski definition) is 4. The monoisotopic (exact) mass is 387 g/mol. The molecule has 3 aromatic carbocycles. The molecule has 0 atom stereocenters. The highest BCUT2D eigenvalue weighted by atomic mass is 15.4. The van der Waals surface area contributed by atoms with Gasteiger partial charge < -0.3 is 0 Å². The van der Waals surface area contributed by atoms with Crippen LogP contribution < -0.4 is 0 Å². The van der Waals surface area contributed by atoms with Gasteiger partial charge in [-0.25, -0.2) is 4.68 Å². The van der Waals surface area contributed by atoms with Crippen LogP contribution in [0.5, 0.6) is 0 Å². The van der Waals surface area contributed by atoms with Crippen molar-refractivity contribution in [1.29, 1.82) is 5.26 Å². The lowest BCUT2D eigenvalue weighted by molar-refractivity contribution is 0.650. The lowest BCUT2D eigenvalue weighted by Gasteiger charge is -2.05. The molecule has 5 aromatic rings. The summed E-state index contributed by atoms with van der Waals surface area (Å²) in [5.41, 5.74) is 5.69. The fraction of sp³-hybridized carbons (Fsp3) is 0.0400. The summed E-state index contributed by atoms with van der Waals surface area (Å²) in [7, 11) is 0. The van der Waals surface area contributed by atoms with Gasteiger partial charge in [-0.05, 0) is 34.2 Å². The van der Waals surface area contributed by atoms with Crippen molar-refractivity contribution in [2.45, 2.75) is 6.54 Å². The Morgan fingerprint density at radius 2 is 1.73 bits per heavy atom. The van der Waals surface area contributed by atoms with Crippen molar-refractivity contribution < 1.29 is 0 Å². The molecule has 0 aliphatic rings. The van der Waals surface area contributed by atoms with Crippen molar-refractivity contribution in [2.24, 2.45) is 0 Å². The Labute approximate surface area is 173 Å². The van der Waals surface area contributed by atoms with Crippen LogP contribution in [-0.4, -0.2) is 20.0 Å². The van der Waals surface area contributed by atoms with Crippen LogP contribution in [0.15, 0.2) is 91.4 Å². The first-order chi connectivity index (χ1) is 14.8. The van der Waals surface area contributed by atoms with Crippen molar-refractivity contribution in [3.05, 3.63) is 103 Å². The number of fused-ring (bicyclic) bond motifs is 1. The van der Waals surface area contributed by atoms with Gasteiger partial charge in [-0.15, -0.1) is 5.10 Å². The van der Waals surface area contributed by atoms with Crippen molar-refractivity contribution in [2.75, 3.05) is 0 Å². The van der Waals surface area contributed by atoms with E-state index in [4.69, 9.17) is 5.26 Å². The first-order valence-electron chi connectivity index (χ1n) is 9.63. The van der Waals surface area contributed by atoms with E-state index in [0.717, 1.165) is 38.7 Å². The molecule has 5 nitrogen and oxygen atoms in total. The molecule has 0 unspecified atom stereocenters. The van der Waals surface area contributed by atoms with Gasteiger partial charge in [0.15, 0.2) is 0 Å². The van der Waals surface area contributed by atoms with Gasteiger partial charge in [0.05, 0.1) is 24.4 Å². The maximum atomic E-state index is 9.09. The molecule has 0 spiro atoms. The van der Waals surface area contributed by atoms with Gasteiger partial charge in [-0.2, -0.15) is 5.26 Å². The predicted octanol–water partition coefficient (Wildman–Crippen LogP) is 5.08. The van der Waals surface area contributed by atoms with Gasteiger partial charge in [0.25, 0.3) is 0 Å². The zero-order valence-corrected chi connectivity index (χ0v) is 16.1. The zero-order chi connectivity index (χ0) is 20.3. The fourth-order valence-electron chi connectivity index (χ4n) is 3.58. The van der Waals surface area contributed by atoms with E-state index in [1.54, 1.807) is 0 Å². The summed E-state index contributed by atoms with van der Waals surface area (Å²) in [5, 5.41) is 19.9. The van der Waals surface area contributed by atoms with Crippen LogP contribution in [0.25, 0.3) is 33.2 Å². The molecule has 30 heavy (non-hydrogen) atoms. The lowest BCUT2D eigenvalue weighted by atomic mass is 10.0. The van der Waals surface area contributed by atoms with Crippen LogP contribution in [0.4, 0.5) is 0 Å². The van der Waals surface area contributed by atoms with E-state index >= 15 is 0 Å². The molecule has 5 rings (SSSR count). The minimum absolute atomic E-state index is 0.629. The lowest BCUT2D eigenvalue weighted by Crippen LogP contribution is -2.00. The van der Waals surface area contributed by atoms with Gasteiger partial charge >= 0.3 is 0 Å². The van der Waals surface area contributed by atoms with E-state index in [2.05, 4.69) is 51.7 Å². The van der Waals surface area contributed by atoms with Gasteiger partial charge in [-0.3, -0.25) is 4.98 Å². The molecular formula is C25H17N5. The van der Waals surface area contributed by atoms with E-state index in [9.17, 15) is 0 Å². The second-order valence-corrected chi connectivity index (χ2v) is 7.10. The van der Waals surface area contributed by atoms with Gasteiger partial charge in [-0.1, -0.05) is 65.9 Å². The molecule has 0 saturated carbocycles. The Balaban J connectivity index is 1.38. The van der Waals surface area contributed by atoms with Crippen LogP contribution in [-0.2, 0) is 6.54 Å². The van der Waals surface area contributed by atoms with Crippen LogP contribution in [0.2, 0.25) is 0 Å². The smallest absolute Gasteiger partial charge is 0.115 e. The Kier molecular flexibility index (Phi) is 4.51. The second-order valence-electron chi connectivity index (χ2n) is 7.10. The first-order valence-corrected chi connectivity index (χ1v) is 9.63. The maximum absolute atomic E-state index is 9.09. The maximum Gasteiger partial charge on any atom is 0.115 e. The normalized spacial score (nSPS) is 10.8. The molecular weight excluding hydrogens is 370 g/mol. The van der Waals surface area contributed by atoms with E-state index < -0.39 is 0 Å². The van der Waals surface area contributed by atoms with Crippen molar-refractivity contribution in [3.8, 4) is 28.5 Å². The number of aromatic nitrogens is 4. The zero-order valence-electron chi connectivity index (χ0n) is 16.1. The number of benzene rings is 3. The van der Waals surface area contributed by atoms with E-state index in [1.807, 2.05) is 65.7 Å². The standard InChI is InChI=1S/C25H17N5/c26-13-19-4-3-6-21(12-19)20-10-8-18(9-11-20)16-30-17-25(28-29-30)24-15-27-14-22-5-1-2-7-23(22)24/h1-12,14-15,17H,16H2. The fourth-order valence-corrected chi connectivity index (χ4v) is 3.58. The highest BCUT2D eigenvalue weighted by molar-refractivity contribution is 5.94. The minimum Gasteiger partial charge on any atom is -0.263 e. The number of nitrogens with zero attached hydrogens (tertiary/aromatic N) is 5. The first kappa shape index (κ1) is 17.8. The van der Waals surface area contributed by atoms with Crippen molar-refractivity contribution in [1.82, 2.24) is 20.0 Å². The summed E-state index contributed by atoms with van der Waals surface area (Å²) in [5.74, 6) is 0. The second kappa shape index (κ2) is 7.61. The summed E-state index contributed by atoms with van der Waals surface area (Å²) in [6.45, 7) is 0.629. The van der Waals surface area contributed by atoms with Crippen LogP contribution in [0.1, 0.15) is 11.1 Å². The van der Waals surface area contributed by atoms with Crippen LogP contribution >= 0.6 is 0 Å². The molecule has 0 N–H and O–H groups in total. The molecule has 0 amide bonds. The third kappa shape index (κ3) is 3.43. The van der Waals surface area contributed by atoms with Crippen LogP contribution in [0.3, 0.4) is 0 Å². The Morgan fingerprint density at radius 1 is 0.867 bits per heavy atom.